The lowest BCUT2D eigenvalue weighted by Crippen LogP contribution is -2.50. The number of para-hydroxylation sites is 4. The Balaban J connectivity index is 1.53. The van der Waals surface area contributed by atoms with Crippen LogP contribution in [-0.4, -0.2) is 29.4 Å². The number of aromatic amines is 1. The molecule has 9 rings (SSSR count). The molecule has 5 nitrogen and oxygen atoms in total. The summed E-state index contributed by atoms with van der Waals surface area (Å²) in [5.74, 6) is 0.0602. The number of carbonyl (C=O) groups is 1. The Morgan fingerprint density at radius 3 is 2.23 bits per heavy atom. The Bertz CT molecular complexity index is 2090. The van der Waals surface area contributed by atoms with E-state index in [9.17, 15) is 0 Å². The van der Waals surface area contributed by atoms with Gasteiger partial charge in [0.15, 0.2) is 11.3 Å². The van der Waals surface area contributed by atoms with Crippen molar-refractivity contribution in [3.63, 3.8) is 0 Å². The van der Waals surface area contributed by atoms with Crippen molar-refractivity contribution in [2.24, 2.45) is 0 Å². The van der Waals surface area contributed by atoms with E-state index in [-0.39, 0.29) is 5.78 Å². The molecule has 1 N–H and O–H groups in total. The van der Waals surface area contributed by atoms with Gasteiger partial charge < -0.3 is 19.4 Å². The highest BCUT2D eigenvalue weighted by molar-refractivity contribution is 6.21. The zero-order valence-corrected chi connectivity index (χ0v) is 21.6. The Morgan fingerprint density at radius 1 is 0.692 bits per heavy atom. The first kappa shape index (κ1) is 21.0. The van der Waals surface area contributed by atoms with E-state index in [0.717, 1.165) is 72.6 Å². The SMILES string of the molecule is CN1c2ccccc2C2(C(=O)C=C3c4ccccc4N(C)c4c3n2c2ccccc42)c2[nH]c3ccccc3c21. The minimum Gasteiger partial charge on any atom is -0.354 e. The van der Waals surface area contributed by atoms with E-state index in [1.54, 1.807) is 0 Å². The number of nitrogens with zero attached hydrogens (tertiary/aromatic N) is 3. The molecule has 0 saturated heterocycles. The van der Waals surface area contributed by atoms with E-state index in [4.69, 9.17) is 0 Å². The van der Waals surface area contributed by atoms with Crippen molar-refractivity contribution in [1.29, 1.82) is 0 Å². The second kappa shape index (κ2) is 6.88. The first-order valence-electron chi connectivity index (χ1n) is 13.3. The first-order chi connectivity index (χ1) is 19.1. The molecule has 0 fully saturated rings. The Hall–Kier alpha value is -5.03. The summed E-state index contributed by atoms with van der Waals surface area (Å²) in [6, 6.07) is 33.6. The van der Waals surface area contributed by atoms with Crippen molar-refractivity contribution in [3.8, 4) is 0 Å². The number of allylic oxidation sites excluding steroid dienone is 1. The predicted octanol–water partition coefficient (Wildman–Crippen LogP) is 7.09. The molecular formula is C34H24N4O. The molecule has 1 atom stereocenters. The first-order valence-corrected chi connectivity index (χ1v) is 13.3. The van der Waals surface area contributed by atoms with Crippen molar-refractivity contribution in [1.82, 2.24) is 9.55 Å². The highest BCUT2D eigenvalue weighted by atomic mass is 16.1. The second-order valence-electron chi connectivity index (χ2n) is 10.7. The number of benzene rings is 4. The van der Waals surface area contributed by atoms with Crippen molar-refractivity contribution >= 4 is 55.9 Å². The van der Waals surface area contributed by atoms with E-state index < -0.39 is 5.54 Å². The van der Waals surface area contributed by atoms with Gasteiger partial charge in [-0.3, -0.25) is 4.79 Å². The molecule has 3 aliphatic heterocycles. The number of anilines is 4. The summed E-state index contributed by atoms with van der Waals surface area (Å²) in [6.45, 7) is 0. The fourth-order valence-corrected chi connectivity index (χ4v) is 7.45. The molecule has 39 heavy (non-hydrogen) atoms. The maximum Gasteiger partial charge on any atom is 0.193 e. The third kappa shape index (κ3) is 2.23. The van der Waals surface area contributed by atoms with Gasteiger partial charge in [-0.25, -0.2) is 0 Å². The number of carbonyl (C=O) groups excluding carboxylic acids is 1. The highest BCUT2D eigenvalue weighted by Gasteiger charge is 2.55. The number of ketones is 1. The molecule has 0 radical (unpaired) electrons. The molecule has 5 heteroatoms. The number of hydrogen-bond donors (Lipinski definition) is 1. The van der Waals surface area contributed by atoms with Crippen molar-refractivity contribution in [3.05, 3.63) is 126 Å². The van der Waals surface area contributed by atoms with Gasteiger partial charge in [0.05, 0.1) is 28.3 Å². The van der Waals surface area contributed by atoms with Gasteiger partial charge in [-0.2, -0.15) is 0 Å². The summed E-state index contributed by atoms with van der Waals surface area (Å²) in [4.78, 5) is 23.3. The molecule has 0 bridgehead atoms. The van der Waals surface area contributed by atoms with Crippen molar-refractivity contribution < 1.29 is 4.79 Å². The zero-order valence-electron chi connectivity index (χ0n) is 21.6. The van der Waals surface area contributed by atoms with Crippen molar-refractivity contribution in [2.75, 3.05) is 23.9 Å². The predicted molar refractivity (Wildman–Crippen MR) is 158 cm³/mol. The van der Waals surface area contributed by atoms with E-state index in [2.05, 4.69) is 118 Å². The third-order valence-electron chi connectivity index (χ3n) is 8.99. The lowest BCUT2D eigenvalue weighted by atomic mass is 9.74. The van der Waals surface area contributed by atoms with E-state index in [1.165, 1.54) is 0 Å². The number of aromatic nitrogens is 2. The summed E-state index contributed by atoms with van der Waals surface area (Å²) in [7, 11) is 4.24. The standard InChI is InChI=1S/C34H24N4O/c1-36-26-16-8-4-11-20(26)23-19-29(39)34(38-27-17-9-5-13-22(27)30(36)31(23)38)24-14-6-10-18-28(24)37(2)32-21-12-3-7-15-25(21)35-33(32)34/h3-19,35H,1-2H3. The molecule has 0 aliphatic carbocycles. The fraction of sp³-hybridized carbons (Fsp3) is 0.0882. The van der Waals surface area contributed by atoms with Crippen LogP contribution in [0.3, 0.4) is 0 Å². The van der Waals surface area contributed by atoms with E-state index >= 15 is 4.79 Å². The van der Waals surface area contributed by atoms with Gasteiger partial charge in [0.2, 0.25) is 0 Å². The molecule has 0 amide bonds. The maximum atomic E-state index is 15.0. The minimum atomic E-state index is -1.08. The number of hydrogen-bond acceptors (Lipinski definition) is 3. The summed E-state index contributed by atoms with van der Waals surface area (Å²) >= 11 is 0. The maximum absolute atomic E-state index is 15.0. The lowest BCUT2D eigenvalue weighted by molar-refractivity contribution is -0.119. The average molecular weight is 505 g/mol. The molecule has 1 spiro atoms. The molecule has 2 aromatic heterocycles. The van der Waals surface area contributed by atoms with E-state index in [1.807, 2.05) is 18.2 Å². The van der Waals surface area contributed by atoms with Crippen LogP contribution in [0.1, 0.15) is 22.5 Å². The van der Waals surface area contributed by atoms with Crippen LogP contribution in [0.2, 0.25) is 0 Å². The molecule has 186 valence electrons. The van der Waals surface area contributed by atoms with E-state index in [0.29, 0.717) is 0 Å². The van der Waals surface area contributed by atoms with Gasteiger partial charge in [0.25, 0.3) is 0 Å². The Kier molecular flexibility index (Phi) is 3.70. The fourth-order valence-electron chi connectivity index (χ4n) is 7.45. The highest BCUT2D eigenvalue weighted by Crippen LogP contribution is 2.59. The minimum absolute atomic E-state index is 0.0602. The summed E-state index contributed by atoms with van der Waals surface area (Å²) < 4.78 is 2.34. The van der Waals surface area contributed by atoms with Crippen LogP contribution in [0.15, 0.2) is 103 Å². The van der Waals surface area contributed by atoms with Gasteiger partial charge in [0.1, 0.15) is 0 Å². The topological polar surface area (TPSA) is 44.3 Å². The average Bonchev–Trinajstić information content (AvgIpc) is 3.54. The molecule has 5 heterocycles. The second-order valence-corrected chi connectivity index (χ2v) is 10.7. The van der Waals surface area contributed by atoms with Crippen molar-refractivity contribution in [2.45, 2.75) is 5.54 Å². The largest absolute Gasteiger partial charge is 0.354 e. The molecular weight excluding hydrogens is 480 g/mol. The quantitative estimate of drug-likeness (QED) is 0.240. The Labute approximate surface area is 225 Å². The summed E-state index contributed by atoms with van der Waals surface area (Å²) in [5.41, 5.74) is 10.4. The normalized spacial score (nSPS) is 18.7. The third-order valence-corrected chi connectivity index (χ3v) is 8.99. The number of nitrogens with one attached hydrogen (secondary N) is 1. The molecule has 1 unspecified atom stereocenters. The molecule has 0 saturated carbocycles. The number of rotatable bonds is 0. The number of H-pyrrole nitrogens is 1. The van der Waals surface area contributed by atoms with Crippen LogP contribution in [0.25, 0.3) is 27.4 Å². The molecule has 3 aliphatic rings. The Morgan fingerprint density at radius 2 is 1.36 bits per heavy atom. The van der Waals surface area contributed by atoms with Crippen LogP contribution < -0.4 is 9.80 Å². The number of fused-ring (bicyclic) bond motifs is 12. The van der Waals surface area contributed by atoms with Gasteiger partial charge in [-0.05, 0) is 30.3 Å². The molecule has 4 aromatic carbocycles. The zero-order chi connectivity index (χ0) is 26.0. The monoisotopic (exact) mass is 504 g/mol. The van der Waals surface area contributed by atoms with Crippen LogP contribution in [0.5, 0.6) is 0 Å². The van der Waals surface area contributed by atoms with Crippen LogP contribution in [0.4, 0.5) is 22.7 Å². The van der Waals surface area contributed by atoms with Gasteiger partial charge in [0, 0.05) is 58.5 Å². The van der Waals surface area contributed by atoms with Gasteiger partial charge in [-0.15, -0.1) is 0 Å². The van der Waals surface area contributed by atoms with Crippen LogP contribution >= 0.6 is 0 Å². The summed E-state index contributed by atoms with van der Waals surface area (Å²) in [5, 5.41) is 2.25. The smallest absolute Gasteiger partial charge is 0.193 e. The van der Waals surface area contributed by atoms with Crippen LogP contribution in [-0.2, 0) is 10.3 Å². The lowest BCUT2D eigenvalue weighted by Gasteiger charge is -2.46. The van der Waals surface area contributed by atoms with Gasteiger partial charge in [-0.1, -0.05) is 72.8 Å². The van der Waals surface area contributed by atoms with Crippen LogP contribution in [0, 0.1) is 0 Å². The summed E-state index contributed by atoms with van der Waals surface area (Å²) in [6.07, 6.45) is 1.90. The van der Waals surface area contributed by atoms with Gasteiger partial charge >= 0.3 is 0 Å². The molecule has 6 aromatic rings.